The van der Waals surface area contributed by atoms with Gasteiger partial charge in [-0.15, -0.1) is 11.3 Å². The predicted octanol–water partition coefficient (Wildman–Crippen LogP) is 3.74. The van der Waals surface area contributed by atoms with Crippen molar-refractivity contribution < 1.29 is 19.4 Å². The number of rotatable bonds is 7. The van der Waals surface area contributed by atoms with E-state index >= 15 is 0 Å². The lowest BCUT2D eigenvalue weighted by atomic mass is 10.0. The summed E-state index contributed by atoms with van der Waals surface area (Å²) < 4.78 is 5.49. The van der Waals surface area contributed by atoms with Crippen LogP contribution in [0.4, 0.5) is 5.13 Å². The van der Waals surface area contributed by atoms with Gasteiger partial charge in [0.25, 0.3) is 0 Å². The second-order valence-corrected chi connectivity index (χ2v) is 7.00. The summed E-state index contributed by atoms with van der Waals surface area (Å²) in [6.45, 7) is 7.99. The fourth-order valence-electron chi connectivity index (χ4n) is 2.28. The maximum atomic E-state index is 11.9. The summed E-state index contributed by atoms with van der Waals surface area (Å²) in [6.07, 6.45) is -0.142. The van der Waals surface area contributed by atoms with Crippen LogP contribution in [0.1, 0.15) is 31.2 Å². The number of aryl methyl sites for hydroxylation is 1. The van der Waals surface area contributed by atoms with E-state index in [4.69, 9.17) is 4.74 Å². The van der Waals surface area contributed by atoms with Crippen LogP contribution in [0.15, 0.2) is 18.2 Å². The fraction of sp³-hybridized carbons (Fsp3) is 0.389. The highest BCUT2D eigenvalue weighted by atomic mass is 32.1. The van der Waals surface area contributed by atoms with Crippen molar-refractivity contribution in [1.29, 1.82) is 0 Å². The van der Waals surface area contributed by atoms with Crippen molar-refractivity contribution >= 4 is 28.3 Å². The number of thiazole rings is 1. The minimum absolute atomic E-state index is 0.142. The molecule has 1 aromatic heterocycles. The van der Waals surface area contributed by atoms with Gasteiger partial charge >= 0.3 is 5.97 Å². The molecule has 0 bridgehead atoms. The number of nitrogens with one attached hydrogen (secondary N) is 1. The molecule has 6 nitrogen and oxygen atoms in total. The van der Waals surface area contributed by atoms with Crippen molar-refractivity contribution in [3.8, 4) is 17.0 Å². The summed E-state index contributed by atoms with van der Waals surface area (Å²) in [5.74, 6) is -0.504. The quantitative estimate of drug-likeness (QED) is 0.783. The zero-order valence-electron chi connectivity index (χ0n) is 14.8. The molecule has 1 amide bonds. The summed E-state index contributed by atoms with van der Waals surface area (Å²) in [5, 5.41) is 12.3. The van der Waals surface area contributed by atoms with Gasteiger partial charge in [-0.25, -0.2) is 4.98 Å². The molecule has 0 unspecified atom stereocenters. The second-order valence-electron chi connectivity index (χ2n) is 5.92. The molecule has 0 aliphatic rings. The van der Waals surface area contributed by atoms with Crippen LogP contribution in [0.3, 0.4) is 0 Å². The summed E-state index contributed by atoms with van der Waals surface area (Å²) >= 11 is 1.20. The van der Waals surface area contributed by atoms with Crippen molar-refractivity contribution in [1.82, 2.24) is 4.98 Å². The van der Waals surface area contributed by atoms with Crippen LogP contribution in [0.2, 0.25) is 0 Å². The molecule has 134 valence electrons. The second kappa shape index (κ2) is 8.11. The number of hydrogen-bond donors (Lipinski definition) is 2. The molecular formula is C18H22N2O4S. The van der Waals surface area contributed by atoms with Crippen LogP contribution >= 0.6 is 11.3 Å². The first-order chi connectivity index (χ1) is 11.8. The van der Waals surface area contributed by atoms with Gasteiger partial charge in [0.2, 0.25) is 5.91 Å². The summed E-state index contributed by atoms with van der Waals surface area (Å²) in [6, 6.07) is 5.60. The molecule has 0 radical (unpaired) electrons. The van der Waals surface area contributed by atoms with Gasteiger partial charge in [-0.2, -0.15) is 0 Å². The monoisotopic (exact) mass is 362 g/mol. The highest BCUT2D eigenvalue weighted by Crippen LogP contribution is 2.35. The average Bonchev–Trinajstić information content (AvgIpc) is 2.89. The lowest BCUT2D eigenvalue weighted by molar-refractivity contribution is -0.136. The van der Waals surface area contributed by atoms with E-state index < -0.39 is 5.97 Å². The fourth-order valence-corrected chi connectivity index (χ4v) is 3.25. The van der Waals surface area contributed by atoms with E-state index in [-0.39, 0.29) is 18.2 Å². The SMILES string of the molecule is CCOc1ccc(-c2nc(NC(=O)C(C)C)sc2CC(=O)O)c(C)c1. The Kier molecular flexibility index (Phi) is 6.14. The number of amides is 1. The Morgan fingerprint density at radius 2 is 2.08 bits per heavy atom. The molecule has 1 aromatic carbocycles. The summed E-state index contributed by atoms with van der Waals surface area (Å²) in [7, 11) is 0. The topological polar surface area (TPSA) is 88.5 Å². The largest absolute Gasteiger partial charge is 0.494 e. The maximum Gasteiger partial charge on any atom is 0.308 e. The van der Waals surface area contributed by atoms with Gasteiger partial charge in [-0.3, -0.25) is 9.59 Å². The van der Waals surface area contributed by atoms with E-state index in [0.29, 0.717) is 22.3 Å². The predicted molar refractivity (Wildman–Crippen MR) is 98.3 cm³/mol. The molecule has 0 saturated heterocycles. The highest BCUT2D eigenvalue weighted by molar-refractivity contribution is 7.16. The van der Waals surface area contributed by atoms with Crippen molar-refractivity contribution in [3.63, 3.8) is 0 Å². The number of anilines is 1. The molecular weight excluding hydrogens is 340 g/mol. The average molecular weight is 362 g/mol. The number of hydrogen-bond acceptors (Lipinski definition) is 5. The third-order valence-electron chi connectivity index (χ3n) is 3.53. The van der Waals surface area contributed by atoms with Crippen LogP contribution in [0.25, 0.3) is 11.3 Å². The van der Waals surface area contributed by atoms with E-state index in [1.807, 2.05) is 32.0 Å². The number of carboxylic acid groups (broad SMARTS) is 1. The van der Waals surface area contributed by atoms with E-state index in [9.17, 15) is 14.7 Å². The number of carboxylic acids is 1. The first-order valence-electron chi connectivity index (χ1n) is 8.08. The molecule has 2 aromatic rings. The molecule has 0 spiro atoms. The van der Waals surface area contributed by atoms with E-state index in [0.717, 1.165) is 16.9 Å². The smallest absolute Gasteiger partial charge is 0.308 e. The number of nitrogens with zero attached hydrogens (tertiary/aromatic N) is 1. The number of carbonyl (C=O) groups excluding carboxylic acids is 1. The summed E-state index contributed by atoms with van der Waals surface area (Å²) in [5.41, 5.74) is 2.36. The first kappa shape index (κ1) is 18.9. The maximum absolute atomic E-state index is 11.9. The number of carbonyl (C=O) groups is 2. The number of benzene rings is 1. The Morgan fingerprint density at radius 1 is 1.36 bits per heavy atom. The van der Waals surface area contributed by atoms with Crippen molar-refractivity contribution in [2.24, 2.45) is 5.92 Å². The minimum Gasteiger partial charge on any atom is -0.494 e. The Labute approximate surface area is 150 Å². The third kappa shape index (κ3) is 4.79. The van der Waals surface area contributed by atoms with Crippen LogP contribution < -0.4 is 10.1 Å². The molecule has 7 heteroatoms. The van der Waals surface area contributed by atoms with Crippen molar-refractivity contribution in [2.45, 2.75) is 34.1 Å². The molecule has 0 saturated carbocycles. The molecule has 2 N–H and O–H groups in total. The van der Waals surface area contributed by atoms with Gasteiger partial charge in [0.15, 0.2) is 5.13 Å². The number of aromatic nitrogens is 1. The molecule has 0 aliphatic heterocycles. The molecule has 25 heavy (non-hydrogen) atoms. The van der Waals surface area contributed by atoms with Gasteiger partial charge in [0.05, 0.1) is 18.7 Å². The van der Waals surface area contributed by atoms with Crippen LogP contribution in [-0.2, 0) is 16.0 Å². The standard InChI is InChI=1S/C18H22N2O4S/c1-5-24-12-6-7-13(11(4)8-12)16-14(9-15(21)22)25-18(19-16)20-17(23)10(2)3/h6-8,10H,5,9H2,1-4H3,(H,21,22)(H,19,20,23). The van der Waals surface area contributed by atoms with Gasteiger partial charge in [0, 0.05) is 16.4 Å². The Hall–Kier alpha value is -2.41. The lowest BCUT2D eigenvalue weighted by Gasteiger charge is -2.08. The Balaban J connectivity index is 2.42. The zero-order chi connectivity index (χ0) is 18.6. The van der Waals surface area contributed by atoms with Crippen LogP contribution in [0.5, 0.6) is 5.75 Å². The van der Waals surface area contributed by atoms with E-state index in [1.165, 1.54) is 11.3 Å². The lowest BCUT2D eigenvalue weighted by Crippen LogP contribution is -2.17. The van der Waals surface area contributed by atoms with Crippen molar-refractivity contribution in [3.05, 3.63) is 28.6 Å². The normalized spacial score (nSPS) is 10.8. The highest BCUT2D eigenvalue weighted by Gasteiger charge is 2.19. The molecule has 1 heterocycles. The van der Waals surface area contributed by atoms with Gasteiger partial charge in [-0.05, 0) is 37.6 Å². The third-order valence-corrected chi connectivity index (χ3v) is 4.50. The Morgan fingerprint density at radius 3 is 2.64 bits per heavy atom. The first-order valence-corrected chi connectivity index (χ1v) is 8.89. The van der Waals surface area contributed by atoms with E-state index in [1.54, 1.807) is 13.8 Å². The van der Waals surface area contributed by atoms with Gasteiger partial charge in [0.1, 0.15) is 5.75 Å². The van der Waals surface area contributed by atoms with Crippen molar-refractivity contribution in [2.75, 3.05) is 11.9 Å². The molecule has 0 fully saturated rings. The Bertz CT molecular complexity index is 783. The van der Waals surface area contributed by atoms with E-state index in [2.05, 4.69) is 10.3 Å². The van der Waals surface area contributed by atoms with Crippen LogP contribution in [-0.4, -0.2) is 28.6 Å². The minimum atomic E-state index is -0.935. The number of ether oxygens (including phenoxy) is 1. The number of aliphatic carboxylic acids is 1. The molecule has 2 rings (SSSR count). The van der Waals surface area contributed by atoms with Crippen LogP contribution in [0, 0.1) is 12.8 Å². The summed E-state index contributed by atoms with van der Waals surface area (Å²) in [4.78, 5) is 28.2. The molecule has 0 aliphatic carbocycles. The van der Waals surface area contributed by atoms with Gasteiger partial charge < -0.3 is 15.2 Å². The molecule has 0 atom stereocenters. The van der Waals surface area contributed by atoms with Gasteiger partial charge in [-0.1, -0.05) is 13.8 Å². The zero-order valence-corrected chi connectivity index (χ0v) is 15.6.